The molecule has 19 heavy (non-hydrogen) atoms. The summed E-state index contributed by atoms with van der Waals surface area (Å²) in [4.78, 5) is 0. The van der Waals surface area contributed by atoms with E-state index in [-0.39, 0.29) is 6.04 Å². The van der Waals surface area contributed by atoms with Crippen molar-refractivity contribution in [2.45, 2.75) is 33.4 Å². The van der Waals surface area contributed by atoms with E-state index < -0.39 is 11.6 Å². The summed E-state index contributed by atoms with van der Waals surface area (Å²) >= 11 is 0. The van der Waals surface area contributed by atoms with Crippen LogP contribution in [0.2, 0.25) is 0 Å². The Morgan fingerprint density at radius 2 is 1.79 bits per heavy atom. The van der Waals surface area contributed by atoms with Gasteiger partial charge in [-0.3, -0.25) is 4.68 Å². The summed E-state index contributed by atoms with van der Waals surface area (Å²) < 4.78 is 28.0. The highest BCUT2D eigenvalue weighted by Gasteiger charge is 2.15. The molecule has 1 aromatic heterocycles. The van der Waals surface area contributed by atoms with Gasteiger partial charge in [0.05, 0.1) is 12.2 Å². The van der Waals surface area contributed by atoms with Crippen molar-refractivity contribution in [2.24, 2.45) is 5.73 Å². The van der Waals surface area contributed by atoms with E-state index in [1.807, 2.05) is 20.8 Å². The Kier molecular flexibility index (Phi) is 3.66. The zero-order chi connectivity index (χ0) is 14.2. The first kappa shape index (κ1) is 13.7. The van der Waals surface area contributed by atoms with Gasteiger partial charge in [0.15, 0.2) is 0 Å². The van der Waals surface area contributed by atoms with Crippen LogP contribution >= 0.6 is 0 Å². The molecule has 5 heteroatoms. The standard InChI is InChI=1S/C14H17F2N3/c1-8(17)14-9(2)18-19(10(14)3)7-11-4-12(15)6-13(16)5-11/h4-6,8H,7,17H2,1-3H3. The zero-order valence-electron chi connectivity index (χ0n) is 11.2. The van der Waals surface area contributed by atoms with Gasteiger partial charge in [-0.15, -0.1) is 0 Å². The Labute approximate surface area is 111 Å². The summed E-state index contributed by atoms with van der Waals surface area (Å²) in [7, 11) is 0. The van der Waals surface area contributed by atoms with Crippen LogP contribution in [0.3, 0.4) is 0 Å². The van der Waals surface area contributed by atoms with E-state index >= 15 is 0 Å². The Morgan fingerprint density at radius 1 is 1.21 bits per heavy atom. The largest absolute Gasteiger partial charge is 0.324 e. The van der Waals surface area contributed by atoms with Gasteiger partial charge in [-0.2, -0.15) is 5.10 Å². The molecular weight excluding hydrogens is 248 g/mol. The van der Waals surface area contributed by atoms with Crippen molar-refractivity contribution in [3.8, 4) is 0 Å². The van der Waals surface area contributed by atoms with Crippen molar-refractivity contribution >= 4 is 0 Å². The molecule has 2 aromatic rings. The van der Waals surface area contributed by atoms with Crippen molar-refractivity contribution < 1.29 is 8.78 Å². The molecule has 0 saturated heterocycles. The van der Waals surface area contributed by atoms with Crippen LogP contribution < -0.4 is 5.73 Å². The summed E-state index contributed by atoms with van der Waals surface area (Å²) in [5.74, 6) is -1.16. The first-order valence-corrected chi connectivity index (χ1v) is 6.13. The van der Waals surface area contributed by atoms with Gasteiger partial charge in [-0.1, -0.05) is 0 Å². The monoisotopic (exact) mass is 265 g/mol. The van der Waals surface area contributed by atoms with Gasteiger partial charge in [0, 0.05) is 23.4 Å². The topological polar surface area (TPSA) is 43.8 Å². The molecule has 2 N–H and O–H groups in total. The molecule has 1 unspecified atom stereocenters. The van der Waals surface area contributed by atoms with Gasteiger partial charge in [-0.05, 0) is 38.5 Å². The number of hydrogen-bond donors (Lipinski definition) is 1. The number of benzene rings is 1. The molecule has 0 aliphatic heterocycles. The number of halogens is 2. The molecule has 0 bridgehead atoms. The van der Waals surface area contributed by atoms with Gasteiger partial charge in [0.25, 0.3) is 0 Å². The van der Waals surface area contributed by atoms with Crippen LogP contribution in [0.15, 0.2) is 18.2 Å². The Hall–Kier alpha value is -1.75. The number of aryl methyl sites for hydroxylation is 1. The number of hydrogen-bond acceptors (Lipinski definition) is 2. The second-order valence-electron chi connectivity index (χ2n) is 4.81. The minimum atomic E-state index is -0.580. The normalized spacial score (nSPS) is 12.7. The Morgan fingerprint density at radius 3 is 2.26 bits per heavy atom. The van der Waals surface area contributed by atoms with E-state index in [1.54, 1.807) is 4.68 Å². The molecule has 0 spiro atoms. The molecule has 0 fully saturated rings. The van der Waals surface area contributed by atoms with E-state index in [2.05, 4.69) is 5.10 Å². The highest BCUT2D eigenvalue weighted by atomic mass is 19.1. The zero-order valence-corrected chi connectivity index (χ0v) is 11.2. The molecule has 0 aliphatic carbocycles. The summed E-state index contributed by atoms with van der Waals surface area (Å²) in [5, 5.41) is 4.38. The summed E-state index contributed by atoms with van der Waals surface area (Å²) in [6.07, 6.45) is 0. The molecule has 1 aromatic carbocycles. The highest BCUT2D eigenvalue weighted by Crippen LogP contribution is 2.20. The third kappa shape index (κ3) is 2.81. The van der Waals surface area contributed by atoms with Crippen LogP contribution in [0.5, 0.6) is 0 Å². The maximum absolute atomic E-state index is 13.2. The molecule has 1 atom stereocenters. The lowest BCUT2D eigenvalue weighted by molar-refractivity contribution is 0.572. The van der Waals surface area contributed by atoms with Crippen LogP contribution in [-0.2, 0) is 6.54 Å². The minimum absolute atomic E-state index is 0.113. The fraction of sp³-hybridized carbons (Fsp3) is 0.357. The van der Waals surface area contributed by atoms with Gasteiger partial charge in [0.2, 0.25) is 0 Å². The molecule has 1 heterocycles. The summed E-state index contributed by atoms with van der Waals surface area (Å²) in [6.45, 7) is 6.01. The van der Waals surface area contributed by atoms with Gasteiger partial charge < -0.3 is 5.73 Å². The first-order valence-electron chi connectivity index (χ1n) is 6.13. The predicted octanol–water partition coefficient (Wildman–Crippen LogP) is 2.85. The third-order valence-electron chi connectivity index (χ3n) is 3.15. The smallest absolute Gasteiger partial charge is 0.126 e. The van der Waals surface area contributed by atoms with E-state index in [9.17, 15) is 8.78 Å². The van der Waals surface area contributed by atoms with Gasteiger partial charge in [0.1, 0.15) is 11.6 Å². The highest BCUT2D eigenvalue weighted by molar-refractivity contribution is 5.28. The lowest BCUT2D eigenvalue weighted by Crippen LogP contribution is -2.09. The quantitative estimate of drug-likeness (QED) is 0.927. The van der Waals surface area contributed by atoms with Gasteiger partial charge >= 0.3 is 0 Å². The molecule has 102 valence electrons. The van der Waals surface area contributed by atoms with Crippen LogP contribution in [0.25, 0.3) is 0 Å². The van der Waals surface area contributed by atoms with Crippen LogP contribution in [0.1, 0.15) is 35.5 Å². The Balaban J connectivity index is 2.36. The van der Waals surface area contributed by atoms with Crippen molar-refractivity contribution in [3.05, 3.63) is 52.3 Å². The summed E-state index contributed by atoms with van der Waals surface area (Å²) in [6, 6.07) is 3.37. The SMILES string of the molecule is Cc1nn(Cc2cc(F)cc(F)c2)c(C)c1C(C)N. The molecule has 2 rings (SSSR count). The van der Waals surface area contributed by atoms with Gasteiger partial charge in [-0.25, -0.2) is 8.78 Å². The van der Waals surface area contributed by atoms with Crippen molar-refractivity contribution in [2.75, 3.05) is 0 Å². The molecule has 0 saturated carbocycles. The number of rotatable bonds is 3. The molecule has 0 radical (unpaired) electrons. The fourth-order valence-corrected chi connectivity index (χ4v) is 2.40. The molecule has 0 aliphatic rings. The average molecular weight is 265 g/mol. The fourth-order valence-electron chi connectivity index (χ4n) is 2.40. The maximum atomic E-state index is 13.2. The second kappa shape index (κ2) is 5.09. The summed E-state index contributed by atoms with van der Waals surface area (Å²) in [5.41, 5.74) is 9.20. The van der Waals surface area contributed by atoms with E-state index in [4.69, 9.17) is 5.73 Å². The molecular formula is C14H17F2N3. The maximum Gasteiger partial charge on any atom is 0.126 e. The van der Waals surface area contributed by atoms with E-state index in [0.717, 1.165) is 23.0 Å². The van der Waals surface area contributed by atoms with Crippen LogP contribution in [0.4, 0.5) is 8.78 Å². The van der Waals surface area contributed by atoms with Crippen molar-refractivity contribution in [1.29, 1.82) is 0 Å². The number of aromatic nitrogens is 2. The van der Waals surface area contributed by atoms with Crippen molar-refractivity contribution in [1.82, 2.24) is 9.78 Å². The lowest BCUT2D eigenvalue weighted by atomic mass is 10.1. The predicted molar refractivity (Wildman–Crippen MR) is 69.8 cm³/mol. The molecule has 3 nitrogen and oxygen atoms in total. The Bertz CT molecular complexity index is 583. The van der Waals surface area contributed by atoms with Crippen LogP contribution in [0, 0.1) is 25.5 Å². The van der Waals surface area contributed by atoms with Crippen molar-refractivity contribution in [3.63, 3.8) is 0 Å². The first-order chi connectivity index (χ1) is 8.88. The van der Waals surface area contributed by atoms with E-state index in [0.29, 0.717) is 12.1 Å². The average Bonchev–Trinajstić information content (AvgIpc) is 2.52. The van der Waals surface area contributed by atoms with Crippen LogP contribution in [-0.4, -0.2) is 9.78 Å². The second-order valence-corrected chi connectivity index (χ2v) is 4.81. The van der Waals surface area contributed by atoms with E-state index in [1.165, 1.54) is 12.1 Å². The lowest BCUT2D eigenvalue weighted by Gasteiger charge is -2.08. The molecule has 0 amide bonds. The number of nitrogens with two attached hydrogens (primary N) is 1. The minimum Gasteiger partial charge on any atom is -0.324 e. The third-order valence-corrected chi connectivity index (χ3v) is 3.15. The number of nitrogens with zero attached hydrogens (tertiary/aromatic N) is 2.